The first kappa shape index (κ1) is 13.1. The van der Waals surface area contributed by atoms with Gasteiger partial charge >= 0.3 is 96.0 Å². The summed E-state index contributed by atoms with van der Waals surface area (Å²) < 4.78 is 10.2. The van der Waals surface area contributed by atoms with Crippen LogP contribution in [-0.2, 0) is 12.2 Å². The Kier molecular flexibility index (Phi) is 6.58. The van der Waals surface area contributed by atoms with Crippen molar-refractivity contribution in [3.63, 3.8) is 0 Å². The zero-order valence-corrected chi connectivity index (χ0v) is 12.3. The van der Waals surface area contributed by atoms with E-state index in [0.29, 0.717) is 32.0 Å². The van der Waals surface area contributed by atoms with Crippen LogP contribution in [0.1, 0.15) is 20.8 Å². The van der Waals surface area contributed by atoms with Crippen LogP contribution in [0.4, 0.5) is 0 Å². The Bertz CT molecular complexity index is 199. The van der Waals surface area contributed by atoms with E-state index in [4.69, 9.17) is 7.42 Å². The fourth-order valence-corrected chi connectivity index (χ4v) is 1.53. The summed E-state index contributed by atoms with van der Waals surface area (Å²) in [6.07, 6.45) is 1.39. The van der Waals surface area contributed by atoms with Gasteiger partial charge in [0.25, 0.3) is 0 Å². The molecule has 0 bridgehead atoms. The van der Waals surface area contributed by atoms with Gasteiger partial charge in [-0.25, -0.2) is 0 Å². The number of methoxy groups -OCH3 is 1. The molecular weight excluding hydrogens is 363 g/mol. The second-order valence-corrected chi connectivity index (χ2v) is 3.88. The van der Waals surface area contributed by atoms with Crippen LogP contribution in [0, 0.1) is 5.92 Å². The van der Waals surface area contributed by atoms with Crippen LogP contribution in [0.5, 0.6) is 0 Å². The van der Waals surface area contributed by atoms with E-state index in [1.807, 2.05) is 20.8 Å². The normalized spacial score (nSPS) is 14.5. The predicted octanol–water partition coefficient (Wildman–Crippen LogP) is 1.23. The van der Waals surface area contributed by atoms with E-state index in [2.05, 4.69) is 0 Å². The molecule has 0 aliphatic carbocycles. The van der Waals surface area contributed by atoms with E-state index in [9.17, 15) is 4.79 Å². The van der Waals surface area contributed by atoms with Gasteiger partial charge in [0.15, 0.2) is 0 Å². The van der Waals surface area contributed by atoms with Gasteiger partial charge in [0.2, 0.25) is 0 Å². The standard InChI is InChI=1S/C9H16O3.Pb/c1-6(2)8(10)5-9(11)7(3)12-4;/h5-7,11H,1-4H3;/q;+1/p-1. The van der Waals surface area contributed by atoms with Crippen LogP contribution >= 0.6 is 0 Å². The van der Waals surface area contributed by atoms with E-state index < -0.39 is 0 Å². The second-order valence-electron chi connectivity index (χ2n) is 3.08. The summed E-state index contributed by atoms with van der Waals surface area (Å²) in [5, 5.41) is 0. The molecule has 0 aromatic rings. The van der Waals surface area contributed by atoms with E-state index in [-0.39, 0.29) is 17.8 Å². The molecule has 0 aliphatic rings. The number of hydrogen-bond acceptors (Lipinski definition) is 3. The van der Waals surface area contributed by atoms with Crippen molar-refractivity contribution < 1.29 is 12.2 Å². The van der Waals surface area contributed by atoms with Crippen molar-refractivity contribution in [2.75, 3.05) is 7.11 Å². The number of hydrogen-bond donors (Lipinski definition) is 0. The summed E-state index contributed by atoms with van der Waals surface area (Å²) in [6, 6.07) is 0. The average Bonchev–Trinajstić information content (AvgIpc) is 2.12. The first-order valence-electron chi connectivity index (χ1n) is 4.14. The molecule has 0 fully saturated rings. The van der Waals surface area contributed by atoms with Crippen molar-refractivity contribution in [2.45, 2.75) is 26.9 Å². The topological polar surface area (TPSA) is 35.5 Å². The van der Waals surface area contributed by atoms with Crippen LogP contribution < -0.4 is 0 Å². The molecule has 3 radical (unpaired) electrons. The number of allylic oxidation sites excluding steroid dienone is 1. The van der Waals surface area contributed by atoms with Crippen molar-refractivity contribution in [3.8, 4) is 0 Å². The SMILES string of the molecule is COC(C)C(=CC(=O)C(C)C)[O][Pb]. The molecular formula is C9H15O3Pb. The number of rotatable bonds is 5. The summed E-state index contributed by atoms with van der Waals surface area (Å²) in [5.41, 5.74) is 0. The van der Waals surface area contributed by atoms with Gasteiger partial charge in [0, 0.05) is 0 Å². The first-order valence-corrected chi connectivity index (χ1v) is 5.73. The van der Waals surface area contributed by atoms with E-state index in [0.717, 1.165) is 0 Å². The Hall–Kier alpha value is 0.0921. The van der Waals surface area contributed by atoms with E-state index in [1.165, 1.54) is 6.08 Å². The fraction of sp³-hybridized carbons (Fsp3) is 0.667. The molecule has 0 spiro atoms. The molecule has 3 nitrogen and oxygen atoms in total. The Morgan fingerprint density at radius 2 is 1.92 bits per heavy atom. The Morgan fingerprint density at radius 3 is 2.23 bits per heavy atom. The third kappa shape index (κ3) is 4.76. The van der Waals surface area contributed by atoms with Gasteiger partial charge in [-0.15, -0.1) is 0 Å². The molecule has 1 atom stereocenters. The molecule has 0 saturated carbocycles. The minimum absolute atomic E-state index is 0.0101. The molecule has 0 saturated heterocycles. The fourth-order valence-electron chi connectivity index (χ4n) is 0.653. The van der Waals surface area contributed by atoms with Gasteiger partial charge in [-0.05, 0) is 0 Å². The maximum atomic E-state index is 11.3. The Labute approximate surface area is 95.8 Å². The van der Waals surface area contributed by atoms with Gasteiger partial charge < -0.3 is 0 Å². The Balaban J connectivity index is 4.47. The monoisotopic (exact) mass is 379 g/mol. The van der Waals surface area contributed by atoms with E-state index in [1.54, 1.807) is 7.11 Å². The summed E-state index contributed by atoms with van der Waals surface area (Å²) in [6.45, 7) is 5.58. The number of ether oxygens (including phenoxy) is 1. The molecule has 0 rings (SSSR count). The van der Waals surface area contributed by atoms with Crippen LogP contribution in [0.3, 0.4) is 0 Å². The van der Waals surface area contributed by atoms with Crippen molar-refractivity contribution in [1.29, 1.82) is 0 Å². The molecule has 0 aromatic carbocycles. The van der Waals surface area contributed by atoms with Crippen molar-refractivity contribution in [3.05, 3.63) is 11.8 Å². The summed E-state index contributed by atoms with van der Waals surface area (Å²) >= 11 is 0.575. The molecule has 4 heteroatoms. The third-order valence-corrected chi connectivity index (χ3v) is 2.64. The van der Waals surface area contributed by atoms with Crippen LogP contribution in [0.2, 0.25) is 0 Å². The summed E-state index contributed by atoms with van der Waals surface area (Å²) in [7, 11) is 1.60. The third-order valence-electron chi connectivity index (χ3n) is 1.73. The maximum absolute atomic E-state index is 11.3. The number of ketones is 1. The Morgan fingerprint density at radius 1 is 1.38 bits per heavy atom. The van der Waals surface area contributed by atoms with Gasteiger partial charge in [0.1, 0.15) is 0 Å². The van der Waals surface area contributed by atoms with Crippen LogP contribution in [-0.4, -0.2) is 45.2 Å². The van der Waals surface area contributed by atoms with Gasteiger partial charge in [0.05, 0.1) is 0 Å². The van der Waals surface area contributed by atoms with Gasteiger partial charge in [-0.3, -0.25) is 0 Å². The summed E-state index contributed by atoms with van der Waals surface area (Å²) in [4.78, 5) is 11.3. The molecule has 0 N–H and O–H groups in total. The van der Waals surface area contributed by atoms with Crippen LogP contribution in [0.25, 0.3) is 0 Å². The molecule has 1 unspecified atom stereocenters. The molecule has 0 aromatic heterocycles. The molecule has 0 amide bonds. The van der Waals surface area contributed by atoms with E-state index >= 15 is 0 Å². The molecule has 73 valence electrons. The minimum atomic E-state index is -0.139. The number of carbonyl (C=O) groups excluding carboxylic acids is 1. The van der Waals surface area contributed by atoms with Crippen LogP contribution in [0.15, 0.2) is 11.8 Å². The average molecular weight is 378 g/mol. The van der Waals surface area contributed by atoms with Crippen molar-refractivity contribution in [2.24, 2.45) is 5.92 Å². The molecule has 0 heterocycles. The van der Waals surface area contributed by atoms with Gasteiger partial charge in [-0.1, -0.05) is 0 Å². The second kappa shape index (κ2) is 6.53. The number of carbonyl (C=O) groups is 1. The van der Waals surface area contributed by atoms with Crippen molar-refractivity contribution in [1.82, 2.24) is 0 Å². The molecule has 13 heavy (non-hydrogen) atoms. The van der Waals surface area contributed by atoms with Gasteiger partial charge in [-0.2, -0.15) is 0 Å². The van der Waals surface area contributed by atoms with Crippen molar-refractivity contribution >= 4 is 32.0 Å². The zero-order valence-electron chi connectivity index (χ0n) is 8.46. The zero-order chi connectivity index (χ0) is 10.4. The quantitative estimate of drug-likeness (QED) is 0.410. The predicted molar refractivity (Wildman–Crippen MR) is 51.2 cm³/mol. The first-order chi connectivity index (χ1) is 6.02. The summed E-state index contributed by atoms with van der Waals surface area (Å²) in [5.74, 6) is 0.721. The molecule has 0 aliphatic heterocycles.